The third-order valence-corrected chi connectivity index (χ3v) is 4.51. The molecule has 3 atom stereocenters. The van der Waals surface area contributed by atoms with Crippen LogP contribution in [-0.4, -0.2) is 40.6 Å². The van der Waals surface area contributed by atoms with Crippen molar-refractivity contribution in [1.29, 1.82) is 0 Å². The molecular weight excluding hydrogens is 270 g/mol. The molecule has 0 bridgehead atoms. The third-order valence-electron chi connectivity index (χ3n) is 4.51. The van der Waals surface area contributed by atoms with Gasteiger partial charge in [0.2, 0.25) is 5.91 Å². The Morgan fingerprint density at radius 1 is 1.29 bits per heavy atom. The van der Waals surface area contributed by atoms with Gasteiger partial charge in [0.25, 0.3) is 0 Å². The van der Waals surface area contributed by atoms with Gasteiger partial charge in [-0.1, -0.05) is 24.3 Å². The van der Waals surface area contributed by atoms with Gasteiger partial charge in [-0.3, -0.25) is 4.79 Å². The van der Waals surface area contributed by atoms with Crippen LogP contribution in [0, 0.1) is 5.92 Å². The molecule has 1 N–H and O–H groups in total. The Morgan fingerprint density at radius 3 is 2.62 bits per heavy atom. The summed E-state index contributed by atoms with van der Waals surface area (Å²) in [6.45, 7) is 2.82. The Morgan fingerprint density at radius 2 is 2.00 bits per heavy atom. The molecule has 0 spiro atoms. The zero-order valence-corrected chi connectivity index (χ0v) is 12.0. The molecule has 1 aromatic carbocycles. The SMILES string of the molecule is CC1OCCC1C(=O)N1Cc2ccccc2C[C@H]1C(=O)O. The molecule has 0 aromatic heterocycles. The summed E-state index contributed by atoms with van der Waals surface area (Å²) in [6.07, 6.45) is 0.910. The maximum Gasteiger partial charge on any atom is 0.326 e. The van der Waals surface area contributed by atoms with Gasteiger partial charge in [-0.2, -0.15) is 0 Å². The fourth-order valence-corrected chi connectivity index (χ4v) is 3.24. The highest BCUT2D eigenvalue weighted by Gasteiger charge is 2.40. The number of benzene rings is 1. The summed E-state index contributed by atoms with van der Waals surface area (Å²) in [7, 11) is 0. The van der Waals surface area contributed by atoms with Crippen LogP contribution in [0.1, 0.15) is 24.5 Å². The average Bonchev–Trinajstić information content (AvgIpc) is 2.91. The lowest BCUT2D eigenvalue weighted by Crippen LogP contribution is -2.51. The molecule has 0 saturated carbocycles. The molecule has 1 amide bonds. The molecule has 2 unspecified atom stereocenters. The number of carbonyl (C=O) groups is 2. The molecule has 0 radical (unpaired) electrons. The van der Waals surface area contributed by atoms with Gasteiger partial charge in [0.1, 0.15) is 6.04 Å². The quantitative estimate of drug-likeness (QED) is 0.895. The standard InChI is InChI=1S/C16H19NO4/c1-10-13(6-7-21-10)15(18)17-9-12-5-3-2-4-11(12)8-14(17)16(19)20/h2-5,10,13-14H,6-9H2,1H3,(H,19,20)/t10?,13?,14-/m0/s1. The number of hydrogen-bond acceptors (Lipinski definition) is 3. The van der Waals surface area contributed by atoms with Crippen molar-refractivity contribution in [2.24, 2.45) is 5.92 Å². The Labute approximate surface area is 123 Å². The van der Waals surface area contributed by atoms with E-state index in [1.165, 1.54) is 4.90 Å². The average molecular weight is 289 g/mol. The Balaban J connectivity index is 1.89. The van der Waals surface area contributed by atoms with Crippen molar-refractivity contribution in [3.8, 4) is 0 Å². The molecular formula is C16H19NO4. The van der Waals surface area contributed by atoms with E-state index in [0.717, 1.165) is 11.1 Å². The van der Waals surface area contributed by atoms with E-state index in [9.17, 15) is 14.7 Å². The number of carboxylic acids is 1. The monoisotopic (exact) mass is 289 g/mol. The smallest absolute Gasteiger partial charge is 0.326 e. The second-order valence-corrected chi connectivity index (χ2v) is 5.76. The molecule has 1 fully saturated rings. The highest BCUT2D eigenvalue weighted by atomic mass is 16.5. The summed E-state index contributed by atoms with van der Waals surface area (Å²) in [6, 6.07) is 6.95. The van der Waals surface area contributed by atoms with Crippen LogP contribution in [0.5, 0.6) is 0 Å². The minimum atomic E-state index is -0.940. The predicted molar refractivity (Wildman–Crippen MR) is 75.6 cm³/mol. The Kier molecular flexibility index (Phi) is 3.68. The van der Waals surface area contributed by atoms with Gasteiger partial charge in [-0.15, -0.1) is 0 Å². The van der Waals surface area contributed by atoms with Crippen LogP contribution in [0.4, 0.5) is 0 Å². The highest BCUT2D eigenvalue weighted by molar-refractivity contribution is 5.86. The van der Waals surface area contributed by atoms with E-state index in [0.29, 0.717) is 26.0 Å². The number of carbonyl (C=O) groups excluding carboxylic acids is 1. The van der Waals surface area contributed by atoms with Gasteiger partial charge in [0.05, 0.1) is 12.0 Å². The second kappa shape index (κ2) is 5.48. The van der Waals surface area contributed by atoms with E-state index in [4.69, 9.17) is 4.74 Å². The Bertz CT molecular complexity index is 571. The molecule has 2 heterocycles. The molecule has 21 heavy (non-hydrogen) atoms. The van der Waals surface area contributed by atoms with Crippen LogP contribution >= 0.6 is 0 Å². The zero-order chi connectivity index (χ0) is 15.0. The molecule has 1 saturated heterocycles. The lowest BCUT2D eigenvalue weighted by Gasteiger charge is -2.36. The van der Waals surface area contributed by atoms with Crippen molar-refractivity contribution < 1.29 is 19.4 Å². The third kappa shape index (κ3) is 2.53. The number of amides is 1. The summed E-state index contributed by atoms with van der Waals surface area (Å²) in [5.41, 5.74) is 2.06. The van der Waals surface area contributed by atoms with Gasteiger partial charge < -0.3 is 14.7 Å². The summed E-state index contributed by atoms with van der Waals surface area (Å²) in [5.74, 6) is -1.26. The van der Waals surface area contributed by atoms with Crippen molar-refractivity contribution in [2.45, 2.75) is 38.5 Å². The highest BCUT2D eigenvalue weighted by Crippen LogP contribution is 2.29. The van der Waals surface area contributed by atoms with E-state index < -0.39 is 12.0 Å². The van der Waals surface area contributed by atoms with Crippen molar-refractivity contribution in [2.75, 3.05) is 6.61 Å². The van der Waals surface area contributed by atoms with Crippen molar-refractivity contribution >= 4 is 11.9 Å². The first-order chi connectivity index (χ1) is 10.1. The zero-order valence-electron chi connectivity index (χ0n) is 12.0. The number of carboxylic acid groups (broad SMARTS) is 1. The molecule has 5 nitrogen and oxygen atoms in total. The second-order valence-electron chi connectivity index (χ2n) is 5.76. The van der Waals surface area contributed by atoms with E-state index >= 15 is 0 Å². The topological polar surface area (TPSA) is 66.8 Å². The predicted octanol–water partition coefficient (Wildman–Crippen LogP) is 1.45. The molecule has 1 aromatic rings. The summed E-state index contributed by atoms with van der Waals surface area (Å²) >= 11 is 0. The molecule has 5 heteroatoms. The van der Waals surface area contributed by atoms with Crippen molar-refractivity contribution in [3.05, 3.63) is 35.4 Å². The van der Waals surface area contributed by atoms with Crippen LogP contribution in [0.3, 0.4) is 0 Å². The number of ether oxygens (including phenoxy) is 1. The number of nitrogens with zero attached hydrogens (tertiary/aromatic N) is 1. The number of rotatable bonds is 2. The molecule has 112 valence electrons. The minimum absolute atomic E-state index is 0.0955. The molecule has 3 rings (SSSR count). The fraction of sp³-hybridized carbons (Fsp3) is 0.500. The first-order valence-electron chi connectivity index (χ1n) is 7.29. The van der Waals surface area contributed by atoms with Crippen LogP contribution in [0.25, 0.3) is 0 Å². The van der Waals surface area contributed by atoms with Gasteiger partial charge in [-0.25, -0.2) is 4.79 Å². The van der Waals surface area contributed by atoms with Crippen LogP contribution in [0.15, 0.2) is 24.3 Å². The first kappa shape index (κ1) is 14.1. The maximum atomic E-state index is 12.7. The maximum absolute atomic E-state index is 12.7. The van der Waals surface area contributed by atoms with E-state index in [-0.39, 0.29) is 17.9 Å². The minimum Gasteiger partial charge on any atom is -0.480 e. The summed E-state index contributed by atoms with van der Waals surface area (Å²) < 4.78 is 5.45. The first-order valence-corrected chi connectivity index (χ1v) is 7.29. The Hall–Kier alpha value is -1.88. The number of hydrogen-bond donors (Lipinski definition) is 1. The molecule has 2 aliphatic rings. The van der Waals surface area contributed by atoms with Crippen LogP contribution in [0.2, 0.25) is 0 Å². The van der Waals surface area contributed by atoms with Gasteiger partial charge in [0, 0.05) is 19.6 Å². The van der Waals surface area contributed by atoms with E-state index in [1.54, 1.807) is 0 Å². The summed E-state index contributed by atoms with van der Waals surface area (Å²) in [5, 5.41) is 9.47. The lowest BCUT2D eigenvalue weighted by molar-refractivity contribution is -0.154. The lowest BCUT2D eigenvalue weighted by atomic mass is 9.91. The largest absolute Gasteiger partial charge is 0.480 e. The van der Waals surface area contributed by atoms with Crippen LogP contribution in [-0.2, 0) is 27.3 Å². The molecule has 0 aliphatic carbocycles. The van der Waals surface area contributed by atoms with Crippen LogP contribution < -0.4 is 0 Å². The number of aliphatic carboxylic acids is 1. The van der Waals surface area contributed by atoms with Crippen molar-refractivity contribution in [3.63, 3.8) is 0 Å². The van der Waals surface area contributed by atoms with E-state index in [2.05, 4.69) is 0 Å². The number of fused-ring (bicyclic) bond motifs is 1. The fourth-order valence-electron chi connectivity index (χ4n) is 3.24. The van der Waals surface area contributed by atoms with Gasteiger partial charge in [-0.05, 0) is 24.5 Å². The summed E-state index contributed by atoms with van der Waals surface area (Å²) in [4.78, 5) is 25.8. The van der Waals surface area contributed by atoms with Gasteiger partial charge in [0.15, 0.2) is 0 Å². The van der Waals surface area contributed by atoms with Gasteiger partial charge >= 0.3 is 5.97 Å². The van der Waals surface area contributed by atoms with E-state index in [1.807, 2.05) is 31.2 Å². The van der Waals surface area contributed by atoms with Crippen molar-refractivity contribution in [1.82, 2.24) is 4.90 Å². The molecule has 2 aliphatic heterocycles. The normalized spacial score (nSPS) is 28.2.